The van der Waals surface area contributed by atoms with E-state index in [9.17, 15) is 4.79 Å². The van der Waals surface area contributed by atoms with E-state index in [1.54, 1.807) is 12.1 Å². The fourth-order valence-corrected chi connectivity index (χ4v) is 2.57. The van der Waals surface area contributed by atoms with Crippen LogP contribution in [0.1, 0.15) is 30.1 Å². The average Bonchev–Trinajstić information content (AvgIpc) is 2.70. The summed E-state index contributed by atoms with van der Waals surface area (Å²) in [7, 11) is 0. The van der Waals surface area contributed by atoms with Gasteiger partial charge < -0.3 is 14.8 Å². The van der Waals surface area contributed by atoms with Crippen molar-refractivity contribution in [1.29, 1.82) is 0 Å². The predicted octanol–water partition coefficient (Wildman–Crippen LogP) is 5.91. The zero-order valence-electron chi connectivity index (χ0n) is 15.4. The molecule has 0 unspecified atom stereocenters. The Morgan fingerprint density at radius 3 is 2.30 bits per heavy atom. The van der Waals surface area contributed by atoms with E-state index < -0.39 is 0 Å². The standard InChI is InChI=1S/C23H23NO3/c1-2-3-17-26-22-16-10-8-14-20(22)24-23(25)19-13-7-9-15-21(19)27-18-11-5-4-6-12-18/h4-16H,2-3,17H2,1H3,(H,24,25). The van der Waals surface area contributed by atoms with Gasteiger partial charge in [0.15, 0.2) is 0 Å². The summed E-state index contributed by atoms with van der Waals surface area (Å²) < 4.78 is 11.7. The number of unbranched alkanes of at least 4 members (excludes halogenated alkanes) is 1. The average molecular weight is 361 g/mol. The first-order valence-electron chi connectivity index (χ1n) is 9.13. The van der Waals surface area contributed by atoms with Gasteiger partial charge in [-0.3, -0.25) is 4.79 Å². The van der Waals surface area contributed by atoms with Crippen LogP contribution in [0.15, 0.2) is 78.9 Å². The van der Waals surface area contributed by atoms with Crippen LogP contribution in [0.25, 0.3) is 0 Å². The molecule has 3 aromatic carbocycles. The van der Waals surface area contributed by atoms with E-state index >= 15 is 0 Å². The zero-order valence-corrected chi connectivity index (χ0v) is 15.4. The Bertz CT molecular complexity index is 878. The summed E-state index contributed by atoms with van der Waals surface area (Å²) in [4.78, 5) is 12.9. The lowest BCUT2D eigenvalue weighted by atomic mass is 10.1. The number of carbonyl (C=O) groups is 1. The van der Waals surface area contributed by atoms with Crippen molar-refractivity contribution in [3.05, 3.63) is 84.4 Å². The number of benzene rings is 3. The molecule has 0 aliphatic rings. The molecule has 4 nitrogen and oxygen atoms in total. The first-order chi connectivity index (χ1) is 13.3. The number of hydrogen-bond acceptors (Lipinski definition) is 3. The lowest BCUT2D eigenvalue weighted by Crippen LogP contribution is -2.14. The van der Waals surface area contributed by atoms with Crippen molar-refractivity contribution in [2.75, 3.05) is 11.9 Å². The van der Waals surface area contributed by atoms with Crippen LogP contribution in [0.4, 0.5) is 5.69 Å². The van der Waals surface area contributed by atoms with Crippen molar-refractivity contribution in [2.24, 2.45) is 0 Å². The van der Waals surface area contributed by atoms with Crippen molar-refractivity contribution in [2.45, 2.75) is 19.8 Å². The number of anilines is 1. The highest BCUT2D eigenvalue weighted by Gasteiger charge is 2.15. The van der Waals surface area contributed by atoms with Gasteiger partial charge in [0.25, 0.3) is 5.91 Å². The van der Waals surface area contributed by atoms with E-state index in [0.29, 0.717) is 35.1 Å². The number of nitrogens with one attached hydrogen (secondary N) is 1. The maximum Gasteiger partial charge on any atom is 0.259 e. The molecule has 4 heteroatoms. The molecule has 0 bridgehead atoms. The minimum atomic E-state index is -0.243. The van der Waals surface area contributed by atoms with Gasteiger partial charge in [-0.25, -0.2) is 0 Å². The van der Waals surface area contributed by atoms with Crippen LogP contribution in [0.2, 0.25) is 0 Å². The van der Waals surface area contributed by atoms with Crippen LogP contribution in [-0.4, -0.2) is 12.5 Å². The van der Waals surface area contributed by atoms with Crippen molar-refractivity contribution in [1.82, 2.24) is 0 Å². The van der Waals surface area contributed by atoms with Gasteiger partial charge in [0.2, 0.25) is 0 Å². The molecule has 0 heterocycles. The highest BCUT2D eigenvalue weighted by Crippen LogP contribution is 2.28. The molecular formula is C23H23NO3. The molecule has 3 aromatic rings. The Morgan fingerprint density at radius 1 is 0.852 bits per heavy atom. The van der Waals surface area contributed by atoms with Crippen LogP contribution in [0.3, 0.4) is 0 Å². The number of ether oxygens (including phenoxy) is 2. The van der Waals surface area contributed by atoms with Crippen molar-refractivity contribution < 1.29 is 14.3 Å². The van der Waals surface area contributed by atoms with E-state index in [1.165, 1.54) is 0 Å². The number of carbonyl (C=O) groups excluding carboxylic acids is 1. The smallest absolute Gasteiger partial charge is 0.259 e. The molecule has 0 radical (unpaired) electrons. The van der Waals surface area contributed by atoms with Gasteiger partial charge in [-0.05, 0) is 42.8 Å². The second-order valence-electron chi connectivity index (χ2n) is 6.06. The summed E-state index contributed by atoms with van der Waals surface area (Å²) in [5.74, 6) is 1.61. The SMILES string of the molecule is CCCCOc1ccccc1NC(=O)c1ccccc1Oc1ccccc1. The molecular weight excluding hydrogens is 338 g/mol. The van der Waals surface area contributed by atoms with E-state index in [1.807, 2.05) is 66.7 Å². The van der Waals surface area contributed by atoms with E-state index in [0.717, 1.165) is 12.8 Å². The summed E-state index contributed by atoms with van der Waals surface area (Å²) in [5, 5.41) is 2.94. The molecule has 0 saturated heterocycles. The predicted molar refractivity (Wildman–Crippen MR) is 108 cm³/mol. The molecule has 27 heavy (non-hydrogen) atoms. The Labute approximate surface area is 159 Å². The molecule has 0 aliphatic carbocycles. The maximum atomic E-state index is 12.9. The molecule has 1 N–H and O–H groups in total. The number of hydrogen-bond donors (Lipinski definition) is 1. The van der Waals surface area contributed by atoms with Gasteiger partial charge in [-0.15, -0.1) is 0 Å². The van der Waals surface area contributed by atoms with Crippen LogP contribution in [0, 0.1) is 0 Å². The highest BCUT2D eigenvalue weighted by molar-refractivity contribution is 6.06. The Hall–Kier alpha value is -3.27. The Kier molecular flexibility index (Phi) is 6.47. The third-order valence-corrected chi connectivity index (χ3v) is 3.99. The summed E-state index contributed by atoms with van der Waals surface area (Å²) in [6, 6.07) is 24.0. The van der Waals surface area contributed by atoms with Gasteiger partial charge in [-0.1, -0.05) is 55.8 Å². The maximum absolute atomic E-state index is 12.9. The molecule has 0 spiro atoms. The molecule has 0 saturated carbocycles. The van der Waals surface area contributed by atoms with Crippen molar-refractivity contribution in [3.8, 4) is 17.2 Å². The monoisotopic (exact) mass is 361 g/mol. The van der Waals surface area contributed by atoms with Crippen molar-refractivity contribution in [3.63, 3.8) is 0 Å². The van der Waals surface area contributed by atoms with Gasteiger partial charge in [0.05, 0.1) is 17.9 Å². The summed E-state index contributed by atoms with van der Waals surface area (Å²) >= 11 is 0. The minimum Gasteiger partial charge on any atom is -0.491 e. The fraction of sp³-hybridized carbons (Fsp3) is 0.174. The zero-order chi connectivity index (χ0) is 18.9. The topological polar surface area (TPSA) is 47.6 Å². The number of para-hydroxylation sites is 4. The quantitative estimate of drug-likeness (QED) is 0.507. The normalized spacial score (nSPS) is 10.3. The summed E-state index contributed by atoms with van der Waals surface area (Å²) in [5.41, 5.74) is 1.11. The Morgan fingerprint density at radius 2 is 1.52 bits per heavy atom. The third-order valence-electron chi connectivity index (χ3n) is 3.99. The van der Waals surface area contributed by atoms with Gasteiger partial charge >= 0.3 is 0 Å². The molecule has 0 aromatic heterocycles. The second-order valence-corrected chi connectivity index (χ2v) is 6.06. The highest BCUT2D eigenvalue weighted by atomic mass is 16.5. The van der Waals surface area contributed by atoms with Gasteiger partial charge in [0, 0.05) is 0 Å². The first-order valence-corrected chi connectivity index (χ1v) is 9.13. The van der Waals surface area contributed by atoms with Crippen LogP contribution in [0.5, 0.6) is 17.2 Å². The van der Waals surface area contributed by atoms with E-state index in [4.69, 9.17) is 9.47 Å². The third kappa shape index (κ3) is 5.11. The first kappa shape index (κ1) is 18.5. The largest absolute Gasteiger partial charge is 0.491 e. The summed E-state index contributed by atoms with van der Waals surface area (Å²) in [6.07, 6.45) is 2.02. The Balaban J connectivity index is 1.77. The molecule has 0 aliphatic heterocycles. The van der Waals surface area contributed by atoms with Crippen LogP contribution < -0.4 is 14.8 Å². The lowest BCUT2D eigenvalue weighted by molar-refractivity contribution is 0.102. The van der Waals surface area contributed by atoms with Crippen LogP contribution >= 0.6 is 0 Å². The molecule has 1 amide bonds. The van der Waals surface area contributed by atoms with E-state index in [-0.39, 0.29) is 5.91 Å². The number of amides is 1. The van der Waals surface area contributed by atoms with E-state index in [2.05, 4.69) is 12.2 Å². The fourth-order valence-electron chi connectivity index (χ4n) is 2.57. The van der Waals surface area contributed by atoms with Crippen LogP contribution in [-0.2, 0) is 0 Å². The molecule has 138 valence electrons. The van der Waals surface area contributed by atoms with Crippen molar-refractivity contribution >= 4 is 11.6 Å². The summed E-state index contributed by atoms with van der Waals surface area (Å²) in [6.45, 7) is 2.73. The number of rotatable bonds is 8. The molecule has 0 fully saturated rings. The minimum absolute atomic E-state index is 0.243. The van der Waals surface area contributed by atoms with Gasteiger partial charge in [0.1, 0.15) is 17.2 Å². The molecule has 3 rings (SSSR count). The lowest BCUT2D eigenvalue weighted by Gasteiger charge is -2.14. The molecule has 0 atom stereocenters. The second kappa shape index (κ2) is 9.43. The van der Waals surface area contributed by atoms with Gasteiger partial charge in [-0.2, -0.15) is 0 Å².